The molecule has 1 atom stereocenters. The molecule has 3 N–H and O–H groups in total. The van der Waals surface area contributed by atoms with Crippen molar-refractivity contribution in [2.75, 3.05) is 18.5 Å². The molecule has 0 saturated heterocycles. The summed E-state index contributed by atoms with van der Waals surface area (Å²) in [6.07, 6.45) is -0.991. The largest absolute Gasteiger partial charge is 0.394 e. The van der Waals surface area contributed by atoms with Gasteiger partial charge < -0.3 is 15.5 Å². The van der Waals surface area contributed by atoms with E-state index in [2.05, 4.69) is 21.2 Å². The van der Waals surface area contributed by atoms with Gasteiger partial charge in [0.25, 0.3) is 0 Å². The molecule has 1 rings (SSSR count). The van der Waals surface area contributed by atoms with Gasteiger partial charge in [0.05, 0.1) is 27.8 Å². The minimum absolute atomic E-state index is 0.00713. The SMILES string of the molecule is Cc1cc([N+](=O)[O-])c(F)c(Br)c1NCC(O)CO. The van der Waals surface area contributed by atoms with Crippen LogP contribution < -0.4 is 5.32 Å². The van der Waals surface area contributed by atoms with Crippen LogP contribution in [0.4, 0.5) is 15.8 Å². The standard InChI is InChI=1S/C10H12BrFN2O4/c1-5-2-7(14(17)18)9(12)8(11)10(5)13-3-6(16)4-15/h2,6,13,15-16H,3-4H2,1H3. The van der Waals surface area contributed by atoms with Crippen molar-refractivity contribution in [2.24, 2.45) is 0 Å². The smallest absolute Gasteiger partial charge is 0.306 e. The molecule has 0 aliphatic rings. The Bertz CT molecular complexity index is 470. The molecule has 0 heterocycles. The molecule has 0 aliphatic heterocycles. The summed E-state index contributed by atoms with van der Waals surface area (Å²) in [4.78, 5) is 9.80. The summed E-state index contributed by atoms with van der Waals surface area (Å²) >= 11 is 2.94. The number of benzene rings is 1. The van der Waals surface area contributed by atoms with Gasteiger partial charge in [0.1, 0.15) is 0 Å². The molecular formula is C10H12BrFN2O4. The average Bonchev–Trinajstić information content (AvgIpc) is 2.32. The molecule has 0 radical (unpaired) electrons. The third-order valence-corrected chi connectivity index (χ3v) is 3.05. The number of nitrogens with one attached hydrogen (secondary N) is 1. The predicted molar refractivity (Wildman–Crippen MR) is 67.1 cm³/mol. The van der Waals surface area contributed by atoms with Crippen LogP contribution in [0.2, 0.25) is 0 Å². The lowest BCUT2D eigenvalue weighted by Crippen LogP contribution is -2.23. The first-order chi connectivity index (χ1) is 8.38. The van der Waals surface area contributed by atoms with E-state index >= 15 is 0 Å². The first-order valence-electron chi connectivity index (χ1n) is 5.04. The van der Waals surface area contributed by atoms with Crippen LogP contribution in [0.1, 0.15) is 5.56 Å². The fourth-order valence-electron chi connectivity index (χ4n) is 1.37. The monoisotopic (exact) mass is 322 g/mol. The topological polar surface area (TPSA) is 95.6 Å². The zero-order chi connectivity index (χ0) is 13.9. The summed E-state index contributed by atoms with van der Waals surface area (Å²) in [5, 5.41) is 31.2. The molecule has 0 bridgehead atoms. The maximum Gasteiger partial charge on any atom is 0.306 e. The molecule has 0 spiro atoms. The van der Waals surface area contributed by atoms with E-state index in [0.717, 1.165) is 6.07 Å². The molecule has 1 aromatic rings. The van der Waals surface area contributed by atoms with Gasteiger partial charge in [0.15, 0.2) is 0 Å². The molecular weight excluding hydrogens is 311 g/mol. The Morgan fingerprint density at radius 3 is 2.78 bits per heavy atom. The number of anilines is 1. The molecule has 0 aromatic heterocycles. The van der Waals surface area contributed by atoms with E-state index in [9.17, 15) is 19.6 Å². The van der Waals surface area contributed by atoms with E-state index in [-0.39, 0.29) is 11.0 Å². The van der Waals surface area contributed by atoms with Crippen LogP contribution in [0.25, 0.3) is 0 Å². The van der Waals surface area contributed by atoms with Crippen LogP contribution in [-0.2, 0) is 0 Å². The van der Waals surface area contributed by atoms with Crippen molar-refractivity contribution >= 4 is 27.3 Å². The van der Waals surface area contributed by atoms with Crippen molar-refractivity contribution < 1.29 is 19.5 Å². The highest BCUT2D eigenvalue weighted by atomic mass is 79.9. The minimum atomic E-state index is -0.991. The number of rotatable bonds is 5. The van der Waals surface area contributed by atoms with Crippen molar-refractivity contribution in [2.45, 2.75) is 13.0 Å². The normalized spacial score (nSPS) is 12.3. The van der Waals surface area contributed by atoms with E-state index < -0.39 is 29.1 Å². The van der Waals surface area contributed by atoms with Crippen molar-refractivity contribution in [1.29, 1.82) is 0 Å². The van der Waals surface area contributed by atoms with Crippen molar-refractivity contribution in [3.63, 3.8) is 0 Å². The maximum atomic E-state index is 13.7. The summed E-state index contributed by atoms with van der Waals surface area (Å²) < 4.78 is 13.6. The Morgan fingerprint density at radius 2 is 2.28 bits per heavy atom. The molecule has 0 amide bonds. The summed E-state index contributed by atoms with van der Waals surface area (Å²) in [6, 6.07) is 1.10. The summed E-state index contributed by atoms with van der Waals surface area (Å²) in [5.41, 5.74) is 0.151. The van der Waals surface area contributed by atoms with Crippen molar-refractivity contribution in [1.82, 2.24) is 0 Å². The number of nitrogens with zero attached hydrogens (tertiary/aromatic N) is 1. The van der Waals surface area contributed by atoms with Gasteiger partial charge in [-0.2, -0.15) is 4.39 Å². The van der Waals surface area contributed by atoms with Crippen LogP contribution in [0, 0.1) is 22.9 Å². The van der Waals surface area contributed by atoms with E-state index in [4.69, 9.17) is 5.11 Å². The van der Waals surface area contributed by atoms with Gasteiger partial charge in [0.2, 0.25) is 5.82 Å². The van der Waals surface area contributed by atoms with Gasteiger partial charge in [0, 0.05) is 12.6 Å². The first-order valence-corrected chi connectivity index (χ1v) is 5.83. The number of hydrogen-bond acceptors (Lipinski definition) is 5. The number of nitro benzene ring substituents is 1. The highest BCUT2D eigenvalue weighted by molar-refractivity contribution is 9.10. The van der Waals surface area contributed by atoms with E-state index in [1.165, 1.54) is 0 Å². The molecule has 1 aromatic carbocycles. The van der Waals surface area contributed by atoms with Crippen molar-refractivity contribution in [3.05, 3.63) is 32.0 Å². The number of halogens is 2. The highest BCUT2D eigenvalue weighted by Gasteiger charge is 2.22. The number of aryl methyl sites for hydroxylation is 1. The van der Waals surface area contributed by atoms with Gasteiger partial charge in [-0.05, 0) is 28.4 Å². The van der Waals surface area contributed by atoms with Gasteiger partial charge >= 0.3 is 5.69 Å². The Kier molecular flexibility index (Phi) is 5.00. The molecule has 6 nitrogen and oxygen atoms in total. The Morgan fingerprint density at radius 1 is 1.67 bits per heavy atom. The van der Waals surface area contributed by atoms with Crippen LogP contribution in [-0.4, -0.2) is 34.4 Å². The predicted octanol–water partition coefficient (Wildman–Crippen LogP) is 1.57. The Labute approximate surface area is 111 Å². The summed E-state index contributed by atoms with van der Waals surface area (Å²) in [7, 11) is 0. The number of hydrogen-bond donors (Lipinski definition) is 3. The zero-order valence-electron chi connectivity index (χ0n) is 9.48. The van der Waals surface area contributed by atoms with Crippen LogP contribution in [0.15, 0.2) is 10.5 Å². The second-order valence-electron chi connectivity index (χ2n) is 3.69. The first kappa shape index (κ1) is 14.8. The van der Waals surface area contributed by atoms with Crippen LogP contribution in [0.3, 0.4) is 0 Å². The van der Waals surface area contributed by atoms with E-state index in [1.54, 1.807) is 6.92 Å². The third kappa shape index (κ3) is 3.15. The fourth-order valence-corrected chi connectivity index (χ4v) is 2.03. The maximum absolute atomic E-state index is 13.7. The highest BCUT2D eigenvalue weighted by Crippen LogP contribution is 2.34. The second kappa shape index (κ2) is 6.07. The van der Waals surface area contributed by atoms with Crippen LogP contribution in [0.5, 0.6) is 0 Å². The van der Waals surface area contributed by atoms with E-state index in [0.29, 0.717) is 11.3 Å². The molecule has 8 heteroatoms. The molecule has 100 valence electrons. The number of aliphatic hydroxyl groups is 2. The summed E-state index contributed by atoms with van der Waals surface area (Å²) in [5.74, 6) is -0.980. The molecule has 18 heavy (non-hydrogen) atoms. The van der Waals surface area contributed by atoms with Crippen LogP contribution >= 0.6 is 15.9 Å². The quantitative estimate of drug-likeness (QED) is 0.565. The van der Waals surface area contributed by atoms with Gasteiger partial charge in [-0.1, -0.05) is 0 Å². The number of aliphatic hydroxyl groups excluding tert-OH is 2. The van der Waals surface area contributed by atoms with Gasteiger partial charge in [-0.15, -0.1) is 0 Å². The lowest BCUT2D eigenvalue weighted by atomic mass is 10.1. The second-order valence-corrected chi connectivity index (χ2v) is 4.48. The molecule has 1 unspecified atom stereocenters. The average molecular weight is 323 g/mol. The Balaban J connectivity index is 3.07. The molecule has 0 saturated carbocycles. The lowest BCUT2D eigenvalue weighted by Gasteiger charge is -2.14. The lowest BCUT2D eigenvalue weighted by molar-refractivity contribution is -0.387. The fraction of sp³-hybridized carbons (Fsp3) is 0.400. The van der Waals surface area contributed by atoms with E-state index in [1.807, 2.05) is 0 Å². The molecule has 0 fully saturated rings. The summed E-state index contributed by atoms with van der Waals surface area (Å²) in [6.45, 7) is 1.15. The van der Waals surface area contributed by atoms with Crippen molar-refractivity contribution in [3.8, 4) is 0 Å². The number of nitro groups is 1. The van der Waals surface area contributed by atoms with Gasteiger partial charge in [-0.25, -0.2) is 0 Å². The minimum Gasteiger partial charge on any atom is -0.394 e. The molecule has 0 aliphatic carbocycles. The third-order valence-electron chi connectivity index (χ3n) is 2.31. The van der Waals surface area contributed by atoms with Gasteiger partial charge in [-0.3, -0.25) is 10.1 Å². The Hall–Kier alpha value is -1.25. The zero-order valence-corrected chi connectivity index (χ0v) is 11.1.